The van der Waals surface area contributed by atoms with Crippen LogP contribution in [0, 0.1) is 11.8 Å². The van der Waals surface area contributed by atoms with Crippen LogP contribution in [0.4, 0.5) is 0 Å². The summed E-state index contributed by atoms with van der Waals surface area (Å²) in [7, 11) is 0. The Morgan fingerprint density at radius 2 is 1.35 bits per heavy atom. The zero-order chi connectivity index (χ0) is 24.8. The second kappa shape index (κ2) is 16.6. The molecule has 2 unspecified atom stereocenters. The second-order valence-corrected chi connectivity index (χ2v) is 10.5. The summed E-state index contributed by atoms with van der Waals surface area (Å²) in [5.74, 6) is 3.09. The van der Waals surface area contributed by atoms with E-state index in [0.717, 1.165) is 53.8 Å². The largest absolute Gasteiger partial charge is 0.493 e. The van der Waals surface area contributed by atoms with Crippen molar-refractivity contribution in [1.29, 1.82) is 0 Å². The van der Waals surface area contributed by atoms with E-state index in [-0.39, 0.29) is 0 Å². The maximum Gasteiger partial charge on any atom is 0.127 e. The van der Waals surface area contributed by atoms with E-state index in [0.29, 0.717) is 11.8 Å². The Morgan fingerprint density at radius 1 is 0.706 bits per heavy atom. The van der Waals surface area contributed by atoms with Crippen molar-refractivity contribution in [2.75, 3.05) is 13.2 Å². The third-order valence-electron chi connectivity index (χ3n) is 6.76. The SMILES string of the molecule is CCCCC(CC)COc1ccc(OCC(CC)CCCC)c(-c2cc(CBr)ccc2CBr)c1. The summed E-state index contributed by atoms with van der Waals surface area (Å²) in [6.45, 7) is 10.6. The molecule has 2 aromatic carbocycles. The van der Waals surface area contributed by atoms with Gasteiger partial charge in [-0.15, -0.1) is 0 Å². The Balaban J connectivity index is 2.34. The summed E-state index contributed by atoms with van der Waals surface area (Å²) in [4.78, 5) is 0. The number of halogens is 2. The Hall–Kier alpha value is -1.000. The maximum absolute atomic E-state index is 6.49. The average molecular weight is 596 g/mol. The lowest BCUT2D eigenvalue weighted by Crippen LogP contribution is -2.13. The molecule has 2 rings (SSSR count). The second-order valence-electron chi connectivity index (χ2n) is 9.37. The Morgan fingerprint density at radius 3 is 1.91 bits per heavy atom. The minimum absolute atomic E-state index is 0.595. The molecule has 2 atom stereocenters. The first-order chi connectivity index (χ1) is 16.6. The maximum atomic E-state index is 6.49. The lowest BCUT2D eigenvalue weighted by atomic mass is 9.97. The highest BCUT2D eigenvalue weighted by Crippen LogP contribution is 2.38. The Labute approximate surface area is 225 Å². The van der Waals surface area contributed by atoms with Crippen molar-refractivity contribution in [3.05, 3.63) is 47.5 Å². The molecule has 2 aromatic rings. The van der Waals surface area contributed by atoms with E-state index in [1.807, 2.05) is 0 Å². The van der Waals surface area contributed by atoms with Crippen LogP contribution in [0.1, 0.15) is 90.2 Å². The molecule has 0 N–H and O–H groups in total. The Kier molecular flexibility index (Phi) is 14.3. The number of rotatable bonds is 17. The van der Waals surface area contributed by atoms with E-state index >= 15 is 0 Å². The highest BCUT2D eigenvalue weighted by atomic mass is 79.9. The van der Waals surface area contributed by atoms with Crippen molar-refractivity contribution in [2.45, 2.75) is 89.7 Å². The first-order valence-corrected chi connectivity index (χ1v) is 15.5. The minimum atomic E-state index is 0.595. The molecule has 0 radical (unpaired) electrons. The minimum Gasteiger partial charge on any atom is -0.493 e. The summed E-state index contributed by atoms with van der Waals surface area (Å²) in [6.07, 6.45) is 9.78. The molecule has 0 fully saturated rings. The molecule has 0 aliphatic rings. The number of alkyl halides is 2. The van der Waals surface area contributed by atoms with Crippen LogP contribution in [0.2, 0.25) is 0 Å². The molecule has 0 aliphatic carbocycles. The van der Waals surface area contributed by atoms with Crippen molar-refractivity contribution in [3.63, 3.8) is 0 Å². The standard InChI is InChI=1S/C30H44Br2O2/c1-5-9-11-23(7-3)21-33-27-15-16-30(34-22-24(8-4)12-10-6-2)29(18-27)28-17-25(19-31)13-14-26(28)20-32/h13-18,23-24H,5-12,19-22H2,1-4H3. The molecule has 0 spiro atoms. The van der Waals surface area contributed by atoms with Crippen molar-refractivity contribution in [3.8, 4) is 22.6 Å². The molecule has 0 aromatic heterocycles. The van der Waals surface area contributed by atoms with E-state index < -0.39 is 0 Å². The predicted octanol–water partition coefficient (Wildman–Crippen LogP) is 10.3. The quantitative estimate of drug-likeness (QED) is 0.169. The monoisotopic (exact) mass is 594 g/mol. The zero-order valence-electron chi connectivity index (χ0n) is 21.7. The van der Waals surface area contributed by atoms with Gasteiger partial charge in [0.2, 0.25) is 0 Å². The molecule has 0 heterocycles. The van der Waals surface area contributed by atoms with Gasteiger partial charge in [0, 0.05) is 16.2 Å². The highest BCUT2D eigenvalue weighted by Gasteiger charge is 2.16. The summed E-state index contributed by atoms with van der Waals surface area (Å²) in [5, 5.41) is 1.64. The van der Waals surface area contributed by atoms with Crippen LogP contribution in [0.15, 0.2) is 36.4 Å². The van der Waals surface area contributed by atoms with E-state index in [2.05, 4.69) is 96.0 Å². The van der Waals surface area contributed by atoms with Gasteiger partial charge in [-0.25, -0.2) is 0 Å². The molecule has 190 valence electrons. The molecule has 0 saturated carbocycles. The number of benzene rings is 2. The molecule has 0 bridgehead atoms. The van der Waals surface area contributed by atoms with E-state index in [4.69, 9.17) is 9.47 Å². The average Bonchev–Trinajstić information content (AvgIpc) is 2.88. The third-order valence-corrected chi connectivity index (χ3v) is 8.01. The summed E-state index contributed by atoms with van der Waals surface area (Å²) in [5.41, 5.74) is 4.87. The van der Waals surface area contributed by atoms with Crippen molar-refractivity contribution < 1.29 is 9.47 Å². The van der Waals surface area contributed by atoms with Gasteiger partial charge in [-0.05, 0) is 65.6 Å². The van der Waals surface area contributed by atoms with Crippen LogP contribution in [-0.2, 0) is 10.7 Å². The fraction of sp³-hybridized carbons (Fsp3) is 0.600. The van der Waals surface area contributed by atoms with Crippen molar-refractivity contribution in [2.24, 2.45) is 11.8 Å². The fourth-order valence-corrected chi connectivity index (χ4v) is 5.06. The molecular formula is C30H44Br2O2. The number of hydrogen-bond acceptors (Lipinski definition) is 2. The van der Waals surface area contributed by atoms with Crippen LogP contribution in [0.5, 0.6) is 11.5 Å². The van der Waals surface area contributed by atoms with Gasteiger partial charge in [0.25, 0.3) is 0 Å². The van der Waals surface area contributed by atoms with Crippen molar-refractivity contribution in [1.82, 2.24) is 0 Å². The van der Waals surface area contributed by atoms with E-state index in [9.17, 15) is 0 Å². The molecule has 4 heteroatoms. The number of unbranched alkanes of at least 4 members (excludes halogenated alkanes) is 2. The topological polar surface area (TPSA) is 18.5 Å². The van der Waals surface area contributed by atoms with E-state index in [1.54, 1.807) is 0 Å². The van der Waals surface area contributed by atoms with E-state index in [1.165, 1.54) is 55.2 Å². The lowest BCUT2D eigenvalue weighted by Gasteiger charge is -2.21. The Bertz CT molecular complexity index is 837. The van der Waals surface area contributed by atoms with Gasteiger partial charge >= 0.3 is 0 Å². The number of hydrogen-bond donors (Lipinski definition) is 0. The van der Waals surface area contributed by atoms with Gasteiger partial charge in [0.1, 0.15) is 11.5 Å². The molecule has 2 nitrogen and oxygen atoms in total. The first kappa shape index (κ1) is 29.2. The zero-order valence-corrected chi connectivity index (χ0v) is 24.8. The molecular weight excluding hydrogens is 552 g/mol. The van der Waals surface area contributed by atoms with Crippen LogP contribution >= 0.6 is 31.9 Å². The van der Waals surface area contributed by atoms with Gasteiger partial charge < -0.3 is 9.47 Å². The predicted molar refractivity (Wildman–Crippen MR) is 155 cm³/mol. The van der Waals surface area contributed by atoms with Crippen molar-refractivity contribution >= 4 is 31.9 Å². The molecule has 0 aliphatic heterocycles. The summed E-state index contributed by atoms with van der Waals surface area (Å²) >= 11 is 7.32. The normalized spacial score (nSPS) is 13.0. The van der Waals surface area contributed by atoms with Crippen LogP contribution in [0.3, 0.4) is 0 Å². The smallest absolute Gasteiger partial charge is 0.127 e. The summed E-state index contributed by atoms with van der Waals surface area (Å²) in [6, 6.07) is 13.1. The number of ether oxygens (including phenoxy) is 2. The molecule has 0 saturated heterocycles. The van der Waals surface area contributed by atoms with Gasteiger partial charge in [-0.3, -0.25) is 0 Å². The van der Waals surface area contributed by atoms with Gasteiger partial charge in [0.15, 0.2) is 0 Å². The van der Waals surface area contributed by atoms with Gasteiger partial charge in [0.05, 0.1) is 13.2 Å². The first-order valence-electron chi connectivity index (χ1n) is 13.2. The summed E-state index contributed by atoms with van der Waals surface area (Å²) < 4.78 is 12.8. The lowest BCUT2D eigenvalue weighted by molar-refractivity contribution is 0.228. The molecule has 0 amide bonds. The van der Waals surface area contributed by atoms with Gasteiger partial charge in [-0.2, -0.15) is 0 Å². The van der Waals surface area contributed by atoms with Gasteiger partial charge in [-0.1, -0.05) is 110 Å². The van der Waals surface area contributed by atoms with Crippen LogP contribution < -0.4 is 9.47 Å². The third kappa shape index (κ3) is 9.22. The fourth-order valence-electron chi connectivity index (χ4n) is 4.23. The molecule has 34 heavy (non-hydrogen) atoms. The highest BCUT2D eigenvalue weighted by molar-refractivity contribution is 9.08. The van der Waals surface area contributed by atoms with Crippen LogP contribution in [0.25, 0.3) is 11.1 Å². The van der Waals surface area contributed by atoms with Crippen LogP contribution in [-0.4, -0.2) is 13.2 Å².